The van der Waals surface area contributed by atoms with Crippen LogP contribution in [-0.4, -0.2) is 21.2 Å². The summed E-state index contributed by atoms with van der Waals surface area (Å²) in [7, 11) is 3.49. The van der Waals surface area contributed by atoms with E-state index in [4.69, 9.17) is 15.4 Å². The molecule has 1 unspecified atom stereocenters. The molecule has 6 heteroatoms. The highest BCUT2D eigenvalue weighted by molar-refractivity contribution is 8.06. The van der Waals surface area contributed by atoms with Crippen LogP contribution in [0, 0.1) is 0 Å². The van der Waals surface area contributed by atoms with Gasteiger partial charge in [-0.1, -0.05) is 30.3 Å². The van der Waals surface area contributed by atoms with Crippen LogP contribution in [0.2, 0.25) is 0 Å². The SMILES string of the molecule is CCN(C(=O)Oc1ccc2ccccc2c1)S(=O)Cl. The van der Waals surface area contributed by atoms with E-state index in [9.17, 15) is 9.00 Å². The largest absolute Gasteiger partial charge is 0.428 e. The zero-order valence-corrected chi connectivity index (χ0v) is 11.8. The number of carbonyl (C=O) groups is 1. The van der Waals surface area contributed by atoms with Crippen molar-refractivity contribution in [2.24, 2.45) is 0 Å². The van der Waals surface area contributed by atoms with Crippen molar-refractivity contribution in [2.45, 2.75) is 6.92 Å². The van der Waals surface area contributed by atoms with E-state index in [-0.39, 0.29) is 6.54 Å². The molecule has 0 spiro atoms. The van der Waals surface area contributed by atoms with Crippen LogP contribution in [0.1, 0.15) is 6.92 Å². The summed E-state index contributed by atoms with van der Waals surface area (Å²) in [6, 6.07) is 13.0. The molecule has 1 atom stereocenters. The van der Waals surface area contributed by atoms with Crippen LogP contribution in [0.4, 0.5) is 4.79 Å². The Balaban J connectivity index is 2.21. The van der Waals surface area contributed by atoms with Crippen LogP contribution >= 0.6 is 10.7 Å². The Bertz CT molecular complexity index is 632. The van der Waals surface area contributed by atoms with Gasteiger partial charge in [-0.05, 0) is 29.8 Å². The number of hydrogen-bond acceptors (Lipinski definition) is 3. The van der Waals surface area contributed by atoms with Gasteiger partial charge < -0.3 is 4.74 Å². The summed E-state index contributed by atoms with van der Waals surface area (Å²) < 4.78 is 17.2. The molecule has 0 aliphatic rings. The molecule has 2 aromatic rings. The standard InChI is InChI=1S/C13H12ClNO3S/c1-2-15(19(14)17)13(16)18-12-8-7-10-5-3-4-6-11(10)9-12/h3-9H,2H2,1H3. The molecule has 0 saturated heterocycles. The molecule has 100 valence electrons. The van der Waals surface area contributed by atoms with Gasteiger partial charge in [0.1, 0.15) is 5.75 Å². The second-order valence-electron chi connectivity index (χ2n) is 3.78. The summed E-state index contributed by atoms with van der Waals surface area (Å²) in [4.78, 5) is 11.7. The molecular weight excluding hydrogens is 286 g/mol. The van der Waals surface area contributed by atoms with Gasteiger partial charge >= 0.3 is 6.09 Å². The first kappa shape index (κ1) is 13.8. The quantitative estimate of drug-likeness (QED) is 0.815. The molecule has 0 radical (unpaired) electrons. The minimum Gasteiger partial charge on any atom is -0.410 e. The Morgan fingerprint density at radius 1 is 1.26 bits per heavy atom. The van der Waals surface area contributed by atoms with Gasteiger partial charge in [-0.15, -0.1) is 0 Å². The zero-order chi connectivity index (χ0) is 13.8. The first-order valence-electron chi connectivity index (χ1n) is 5.68. The van der Waals surface area contributed by atoms with Crippen molar-refractivity contribution in [1.82, 2.24) is 4.31 Å². The van der Waals surface area contributed by atoms with E-state index in [1.165, 1.54) is 0 Å². The second-order valence-corrected chi connectivity index (χ2v) is 5.42. The predicted molar refractivity (Wildman–Crippen MR) is 76.3 cm³/mol. The van der Waals surface area contributed by atoms with Crippen molar-refractivity contribution >= 4 is 37.7 Å². The molecular formula is C13H12ClNO3S. The van der Waals surface area contributed by atoms with Crippen LogP contribution in [0.15, 0.2) is 42.5 Å². The van der Waals surface area contributed by atoms with Crippen LogP contribution in [-0.2, 0) is 10.2 Å². The molecule has 4 nitrogen and oxygen atoms in total. The van der Waals surface area contributed by atoms with Crippen molar-refractivity contribution in [2.75, 3.05) is 6.54 Å². The Labute approximate surface area is 118 Å². The third-order valence-electron chi connectivity index (χ3n) is 2.59. The van der Waals surface area contributed by atoms with Crippen molar-refractivity contribution in [3.05, 3.63) is 42.5 Å². The summed E-state index contributed by atoms with van der Waals surface area (Å²) in [6.07, 6.45) is -0.730. The smallest absolute Gasteiger partial charge is 0.410 e. The van der Waals surface area contributed by atoms with Gasteiger partial charge in [0.2, 0.25) is 10.2 Å². The van der Waals surface area contributed by atoms with Crippen molar-refractivity contribution in [3.8, 4) is 5.75 Å². The van der Waals surface area contributed by atoms with Crippen molar-refractivity contribution < 1.29 is 13.7 Å². The Morgan fingerprint density at radius 2 is 1.95 bits per heavy atom. The third kappa shape index (κ3) is 3.24. The van der Waals surface area contributed by atoms with Crippen LogP contribution in [0.25, 0.3) is 10.8 Å². The Morgan fingerprint density at radius 3 is 2.58 bits per heavy atom. The van der Waals surface area contributed by atoms with Crippen molar-refractivity contribution in [3.63, 3.8) is 0 Å². The van der Waals surface area contributed by atoms with E-state index in [2.05, 4.69) is 0 Å². The number of fused-ring (bicyclic) bond motifs is 1. The third-order valence-corrected chi connectivity index (χ3v) is 3.84. The van der Waals surface area contributed by atoms with Gasteiger partial charge in [0.25, 0.3) is 0 Å². The van der Waals surface area contributed by atoms with E-state index < -0.39 is 16.3 Å². The highest BCUT2D eigenvalue weighted by Gasteiger charge is 2.19. The maximum absolute atomic E-state index is 11.7. The number of hydrogen-bond donors (Lipinski definition) is 0. The lowest BCUT2D eigenvalue weighted by Crippen LogP contribution is -2.32. The lowest BCUT2D eigenvalue weighted by Gasteiger charge is -2.15. The number of nitrogens with zero attached hydrogens (tertiary/aromatic N) is 1. The molecule has 0 saturated carbocycles. The van der Waals surface area contributed by atoms with Crippen molar-refractivity contribution in [1.29, 1.82) is 0 Å². The Kier molecular flexibility index (Phi) is 4.39. The predicted octanol–water partition coefficient (Wildman–Crippen LogP) is 3.48. The highest BCUT2D eigenvalue weighted by Crippen LogP contribution is 2.21. The first-order valence-corrected chi connectivity index (χ1v) is 7.61. The molecule has 0 aromatic heterocycles. The first-order chi connectivity index (χ1) is 9.11. The second kappa shape index (κ2) is 6.04. The fraction of sp³-hybridized carbons (Fsp3) is 0.154. The van der Waals surface area contributed by atoms with E-state index in [0.717, 1.165) is 15.1 Å². The van der Waals surface area contributed by atoms with Gasteiger partial charge in [0.05, 0.1) is 0 Å². The molecule has 0 aliphatic heterocycles. The van der Waals surface area contributed by atoms with E-state index in [1.807, 2.05) is 30.3 Å². The topological polar surface area (TPSA) is 46.6 Å². The Hall–Kier alpha value is -1.59. The summed E-state index contributed by atoms with van der Waals surface area (Å²) in [5.74, 6) is 0.393. The molecule has 0 fully saturated rings. The monoisotopic (exact) mass is 297 g/mol. The van der Waals surface area contributed by atoms with Gasteiger partial charge in [0, 0.05) is 17.2 Å². The van der Waals surface area contributed by atoms with Gasteiger partial charge in [-0.2, -0.15) is 0 Å². The van der Waals surface area contributed by atoms with E-state index in [1.54, 1.807) is 19.1 Å². The number of carbonyl (C=O) groups excluding carboxylic acids is 1. The summed E-state index contributed by atoms with van der Waals surface area (Å²) in [5, 5.41) is 2.01. The number of ether oxygens (including phenoxy) is 1. The molecule has 2 aromatic carbocycles. The molecule has 0 bridgehead atoms. The van der Waals surface area contributed by atoms with Gasteiger partial charge in [-0.3, -0.25) is 0 Å². The molecule has 0 N–H and O–H groups in total. The fourth-order valence-electron chi connectivity index (χ4n) is 1.67. The number of benzene rings is 2. The van der Waals surface area contributed by atoms with Gasteiger partial charge in [0.15, 0.2) is 0 Å². The fourth-order valence-corrected chi connectivity index (χ4v) is 2.49. The minimum absolute atomic E-state index is 0.211. The van der Waals surface area contributed by atoms with Crippen LogP contribution in [0.5, 0.6) is 5.75 Å². The maximum atomic E-state index is 11.7. The summed E-state index contributed by atoms with van der Waals surface area (Å²) in [5.41, 5.74) is 0. The molecule has 1 amide bonds. The molecule has 19 heavy (non-hydrogen) atoms. The summed E-state index contributed by atoms with van der Waals surface area (Å²) >= 11 is 0. The average Bonchev–Trinajstić information content (AvgIpc) is 2.39. The number of amides is 1. The zero-order valence-electron chi connectivity index (χ0n) is 10.2. The minimum atomic E-state index is -1.90. The highest BCUT2D eigenvalue weighted by atomic mass is 35.7. The molecule has 0 heterocycles. The number of rotatable bonds is 3. The lowest BCUT2D eigenvalue weighted by molar-refractivity contribution is 0.182. The normalized spacial score (nSPS) is 12.1. The number of halogens is 1. The van der Waals surface area contributed by atoms with Crippen LogP contribution in [0.3, 0.4) is 0 Å². The lowest BCUT2D eigenvalue weighted by atomic mass is 10.1. The maximum Gasteiger partial charge on any atom is 0.428 e. The van der Waals surface area contributed by atoms with Crippen LogP contribution < -0.4 is 4.74 Å². The molecule has 0 aliphatic carbocycles. The van der Waals surface area contributed by atoms with Gasteiger partial charge in [-0.25, -0.2) is 13.3 Å². The molecule has 2 rings (SSSR count). The van der Waals surface area contributed by atoms with E-state index in [0.29, 0.717) is 5.75 Å². The van der Waals surface area contributed by atoms with E-state index >= 15 is 0 Å². The average molecular weight is 298 g/mol. The summed E-state index contributed by atoms with van der Waals surface area (Å²) in [6.45, 7) is 1.88.